The number of rotatable bonds is 8. The van der Waals surface area contributed by atoms with Crippen LogP contribution in [0.3, 0.4) is 0 Å². The van der Waals surface area contributed by atoms with Gasteiger partial charge >= 0.3 is 0 Å². The number of nitrogens with one attached hydrogen (secondary N) is 1. The molecule has 0 amide bonds. The fourth-order valence-electron chi connectivity index (χ4n) is 2.74. The molecule has 0 unspecified atom stereocenters. The van der Waals surface area contributed by atoms with E-state index in [1.165, 1.54) is 12.1 Å². The Kier molecular flexibility index (Phi) is 8.77. The summed E-state index contributed by atoms with van der Waals surface area (Å²) >= 11 is 3.52. The van der Waals surface area contributed by atoms with Crippen LogP contribution in [0.1, 0.15) is 16.7 Å². The molecule has 0 radical (unpaired) electrons. The van der Waals surface area contributed by atoms with Crippen LogP contribution in [0.2, 0.25) is 0 Å². The maximum atomic E-state index is 13.0. The summed E-state index contributed by atoms with van der Waals surface area (Å²) in [5, 5.41) is 3.38. The van der Waals surface area contributed by atoms with Gasteiger partial charge in [-0.2, -0.15) is 0 Å². The van der Waals surface area contributed by atoms with Gasteiger partial charge in [-0.1, -0.05) is 58.4 Å². The van der Waals surface area contributed by atoms with E-state index in [0.29, 0.717) is 25.4 Å². The van der Waals surface area contributed by atoms with Gasteiger partial charge in [0.2, 0.25) is 0 Å². The lowest BCUT2D eigenvalue weighted by Crippen LogP contribution is -2.14. The van der Waals surface area contributed by atoms with Crippen molar-refractivity contribution in [1.82, 2.24) is 5.32 Å². The minimum absolute atomic E-state index is 0. The van der Waals surface area contributed by atoms with Gasteiger partial charge in [-0.05, 0) is 35.4 Å². The molecule has 0 bridgehead atoms. The van der Waals surface area contributed by atoms with Crippen molar-refractivity contribution in [3.05, 3.63) is 93.7 Å². The van der Waals surface area contributed by atoms with Gasteiger partial charge in [-0.3, -0.25) is 0 Å². The molecule has 148 valence electrons. The Morgan fingerprint density at radius 2 is 1.64 bits per heavy atom. The number of methoxy groups -OCH3 is 1. The van der Waals surface area contributed by atoms with E-state index in [2.05, 4.69) is 21.2 Å². The summed E-state index contributed by atoms with van der Waals surface area (Å²) in [6.45, 7) is 1.69. The predicted octanol–water partition coefficient (Wildman–Crippen LogP) is 5.89. The van der Waals surface area contributed by atoms with Gasteiger partial charge in [0.1, 0.15) is 12.4 Å². The molecule has 0 aromatic heterocycles. The summed E-state index contributed by atoms with van der Waals surface area (Å²) in [4.78, 5) is 0. The van der Waals surface area contributed by atoms with Gasteiger partial charge in [-0.25, -0.2) is 4.39 Å². The van der Waals surface area contributed by atoms with Crippen molar-refractivity contribution < 1.29 is 13.9 Å². The average Bonchev–Trinajstić information content (AvgIpc) is 2.69. The SMILES string of the molecule is COc1cc(Br)cc(CNCc2ccc(F)cc2)c1OCc1ccccc1.Cl. The Balaban J connectivity index is 0.00000280. The van der Waals surface area contributed by atoms with E-state index >= 15 is 0 Å². The molecule has 0 aliphatic heterocycles. The lowest BCUT2D eigenvalue weighted by Gasteiger charge is -2.16. The number of halogens is 3. The lowest BCUT2D eigenvalue weighted by molar-refractivity contribution is 0.280. The molecule has 0 spiro atoms. The molecule has 6 heteroatoms. The smallest absolute Gasteiger partial charge is 0.166 e. The summed E-state index contributed by atoms with van der Waals surface area (Å²) in [7, 11) is 1.63. The van der Waals surface area contributed by atoms with Crippen LogP contribution in [0.5, 0.6) is 11.5 Å². The third-order valence-corrected chi connectivity index (χ3v) is 4.56. The minimum Gasteiger partial charge on any atom is -0.493 e. The van der Waals surface area contributed by atoms with Gasteiger partial charge in [-0.15, -0.1) is 12.4 Å². The predicted molar refractivity (Wildman–Crippen MR) is 116 cm³/mol. The topological polar surface area (TPSA) is 30.5 Å². The number of ether oxygens (including phenoxy) is 2. The van der Waals surface area contributed by atoms with E-state index in [1.807, 2.05) is 42.5 Å². The molecule has 0 aliphatic carbocycles. The van der Waals surface area contributed by atoms with Crippen LogP contribution in [-0.4, -0.2) is 7.11 Å². The fourth-order valence-corrected chi connectivity index (χ4v) is 3.23. The first-order chi connectivity index (χ1) is 13.2. The number of hydrogen-bond donors (Lipinski definition) is 1. The summed E-state index contributed by atoms with van der Waals surface area (Å²) in [5.41, 5.74) is 3.09. The molecule has 3 nitrogen and oxygen atoms in total. The van der Waals surface area contributed by atoms with E-state index in [1.54, 1.807) is 19.2 Å². The van der Waals surface area contributed by atoms with Gasteiger partial charge in [0.05, 0.1) is 7.11 Å². The average molecular weight is 467 g/mol. The molecule has 0 aliphatic rings. The minimum atomic E-state index is -0.230. The highest BCUT2D eigenvalue weighted by atomic mass is 79.9. The van der Waals surface area contributed by atoms with Crippen LogP contribution in [-0.2, 0) is 19.7 Å². The molecular formula is C22H22BrClFNO2. The van der Waals surface area contributed by atoms with Crippen LogP contribution in [0, 0.1) is 5.82 Å². The van der Waals surface area contributed by atoms with E-state index < -0.39 is 0 Å². The Morgan fingerprint density at radius 1 is 0.929 bits per heavy atom. The first-order valence-electron chi connectivity index (χ1n) is 8.64. The third-order valence-electron chi connectivity index (χ3n) is 4.10. The second-order valence-electron chi connectivity index (χ2n) is 6.10. The first-order valence-corrected chi connectivity index (χ1v) is 9.43. The Hall–Kier alpha value is -2.08. The van der Waals surface area contributed by atoms with E-state index in [0.717, 1.165) is 26.9 Å². The maximum absolute atomic E-state index is 13.0. The molecule has 28 heavy (non-hydrogen) atoms. The number of hydrogen-bond acceptors (Lipinski definition) is 3. The highest BCUT2D eigenvalue weighted by molar-refractivity contribution is 9.10. The van der Waals surface area contributed by atoms with E-state index in [-0.39, 0.29) is 18.2 Å². The highest BCUT2D eigenvalue weighted by Crippen LogP contribution is 2.35. The van der Waals surface area contributed by atoms with Crippen LogP contribution in [0.15, 0.2) is 71.2 Å². The molecule has 1 N–H and O–H groups in total. The summed E-state index contributed by atoms with van der Waals surface area (Å²) in [6.07, 6.45) is 0. The maximum Gasteiger partial charge on any atom is 0.166 e. The molecule has 3 aromatic rings. The zero-order valence-electron chi connectivity index (χ0n) is 15.5. The van der Waals surface area contributed by atoms with Crippen molar-refractivity contribution in [3.8, 4) is 11.5 Å². The molecule has 0 fully saturated rings. The van der Waals surface area contributed by atoms with Gasteiger partial charge in [0.15, 0.2) is 11.5 Å². The molecule has 0 saturated carbocycles. The molecule has 0 atom stereocenters. The van der Waals surface area contributed by atoms with Crippen molar-refractivity contribution >= 4 is 28.3 Å². The molecule has 3 aromatic carbocycles. The van der Waals surface area contributed by atoms with Crippen LogP contribution in [0.4, 0.5) is 4.39 Å². The van der Waals surface area contributed by atoms with Crippen molar-refractivity contribution in [1.29, 1.82) is 0 Å². The summed E-state index contributed by atoms with van der Waals surface area (Å²) in [6, 6.07) is 20.4. The Labute approximate surface area is 179 Å². The number of benzene rings is 3. The van der Waals surface area contributed by atoms with Crippen molar-refractivity contribution in [2.24, 2.45) is 0 Å². The molecule has 3 rings (SSSR count). The highest BCUT2D eigenvalue weighted by Gasteiger charge is 2.13. The molecule has 0 heterocycles. The van der Waals surface area contributed by atoms with Gasteiger partial charge in [0, 0.05) is 23.1 Å². The standard InChI is InChI=1S/C22H21BrFNO2.ClH/c1-26-21-12-19(23)11-18(14-25-13-16-7-9-20(24)10-8-16)22(21)27-15-17-5-3-2-4-6-17;/h2-12,25H,13-15H2,1H3;1H. The van der Waals surface area contributed by atoms with Gasteiger partial charge < -0.3 is 14.8 Å². The molecule has 0 saturated heterocycles. The van der Waals surface area contributed by atoms with Crippen molar-refractivity contribution in [2.75, 3.05) is 7.11 Å². The Morgan fingerprint density at radius 3 is 2.32 bits per heavy atom. The Bertz CT molecular complexity index is 876. The molecular weight excluding hydrogens is 445 g/mol. The fraction of sp³-hybridized carbons (Fsp3) is 0.182. The zero-order valence-corrected chi connectivity index (χ0v) is 17.9. The largest absolute Gasteiger partial charge is 0.493 e. The summed E-state index contributed by atoms with van der Waals surface area (Å²) in [5.74, 6) is 1.17. The first kappa shape index (κ1) is 22.2. The second-order valence-corrected chi connectivity index (χ2v) is 7.02. The van der Waals surface area contributed by atoms with Crippen molar-refractivity contribution in [3.63, 3.8) is 0 Å². The van der Waals surface area contributed by atoms with E-state index in [9.17, 15) is 4.39 Å². The normalized spacial score (nSPS) is 10.2. The van der Waals surface area contributed by atoms with Crippen LogP contribution in [0.25, 0.3) is 0 Å². The third kappa shape index (κ3) is 6.23. The van der Waals surface area contributed by atoms with E-state index in [4.69, 9.17) is 9.47 Å². The second kappa shape index (κ2) is 11.1. The van der Waals surface area contributed by atoms with Gasteiger partial charge in [0.25, 0.3) is 0 Å². The zero-order chi connectivity index (χ0) is 19.1. The van der Waals surface area contributed by atoms with Crippen LogP contribution < -0.4 is 14.8 Å². The lowest BCUT2D eigenvalue weighted by atomic mass is 10.1. The van der Waals surface area contributed by atoms with Crippen molar-refractivity contribution in [2.45, 2.75) is 19.7 Å². The quantitative estimate of drug-likeness (QED) is 0.449. The van der Waals surface area contributed by atoms with Crippen LogP contribution >= 0.6 is 28.3 Å². The monoisotopic (exact) mass is 465 g/mol. The summed E-state index contributed by atoms with van der Waals surface area (Å²) < 4.78 is 25.5.